The summed E-state index contributed by atoms with van der Waals surface area (Å²) in [5.41, 5.74) is 2.87. The Morgan fingerprint density at radius 2 is 2.40 bits per heavy atom. The first-order chi connectivity index (χ1) is 7.26. The molecule has 0 bridgehead atoms. The zero-order valence-electron chi connectivity index (χ0n) is 8.08. The van der Waals surface area contributed by atoms with E-state index in [0.29, 0.717) is 11.4 Å². The molecule has 0 aliphatic rings. The van der Waals surface area contributed by atoms with Crippen LogP contribution in [-0.2, 0) is 10.6 Å². The van der Waals surface area contributed by atoms with Crippen LogP contribution in [0.4, 0.5) is 0 Å². The molecule has 0 aliphatic carbocycles. The second-order valence-electron chi connectivity index (χ2n) is 3.06. The SMILES string of the molecule is COC(=O)c1cc(CCl)c2nc[nH]c2c1. The summed E-state index contributed by atoms with van der Waals surface area (Å²) in [6.07, 6.45) is 1.57. The van der Waals surface area contributed by atoms with Crippen LogP contribution in [0.2, 0.25) is 0 Å². The summed E-state index contributed by atoms with van der Waals surface area (Å²) in [5, 5.41) is 0. The molecule has 0 unspecified atom stereocenters. The van der Waals surface area contributed by atoms with Crippen molar-refractivity contribution in [1.29, 1.82) is 0 Å². The monoisotopic (exact) mass is 224 g/mol. The minimum absolute atomic E-state index is 0.312. The van der Waals surface area contributed by atoms with Gasteiger partial charge in [0.15, 0.2) is 0 Å². The van der Waals surface area contributed by atoms with Gasteiger partial charge in [0.05, 0.1) is 30.0 Å². The molecular weight excluding hydrogens is 216 g/mol. The van der Waals surface area contributed by atoms with Crippen molar-refractivity contribution in [1.82, 2.24) is 9.97 Å². The lowest BCUT2D eigenvalue weighted by atomic mass is 10.1. The Hall–Kier alpha value is -1.55. The molecule has 15 heavy (non-hydrogen) atoms. The zero-order chi connectivity index (χ0) is 10.8. The highest BCUT2D eigenvalue weighted by molar-refractivity contribution is 6.18. The molecule has 0 spiro atoms. The van der Waals surface area contributed by atoms with Crippen LogP contribution in [-0.4, -0.2) is 23.0 Å². The summed E-state index contributed by atoms with van der Waals surface area (Å²) in [7, 11) is 1.35. The summed E-state index contributed by atoms with van der Waals surface area (Å²) in [4.78, 5) is 18.4. The van der Waals surface area contributed by atoms with E-state index in [4.69, 9.17) is 11.6 Å². The Kier molecular flexibility index (Phi) is 2.60. The molecule has 0 saturated heterocycles. The summed E-state index contributed by atoms with van der Waals surface area (Å²) in [6, 6.07) is 3.40. The predicted octanol–water partition coefficient (Wildman–Crippen LogP) is 2.09. The molecular formula is C10H9ClN2O2. The largest absolute Gasteiger partial charge is 0.465 e. The quantitative estimate of drug-likeness (QED) is 0.628. The Labute approximate surface area is 91.2 Å². The van der Waals surface area contributed by atoms with Gasteiger partial charge in [-0.05, 0) is 17.7 Å². The third kappa shape index (κ3) is 1.68. The van der Waals surface area contributed by atoms with Crippen LogP contribution in [0.5, 0.6) is 0 Å². The number of ether oxygens (including phenoxy) is 1. The number of aromatic nitrogens is 2. The van der Waals surface area contributed by atoms with Crippen LogP contribution in [0.1, 0.15) is 15.9 Å². The molecule has 0 atom stereocenters. The molecule has 4 nitrogen and oxygen atoms in total. The van der Waals surface area contributed by atoms with Gasteiger partial charge < -0.3 is 9.72 Å². The fraction of sp³-hybridized carbons (Fsp3) is 0.200. The van der Waals surface area contributed by atoms with E-state index in [9.17, 15) is 4.79 Å². The van der Waals surface area contributed by atoms with Crippen molar-refractivity contribution in [2.24, 2.45) is 0 Å². The van der Waals surface area contributed by atoms with Crippen LogP contribution in [0.25, 0.3) is 11.0 Å². The van der Waals surface area contributed by atoms with Gasteiger partial charge in [-0.15, -0.1) is 11.6 Å². The van der Waals surface area contributed by atoms with Crippen molar-refractivity contribution in [2.45, 2.75) is 5.88 Å². The first-order valence-corrected chi connectivity index (χ1v) is 4.90. The Morgan fingerprint density at radius 3 is 3.07 bits per heavy atom. The number of carbonyl (C=O) groups excluding carboxylic acids is 1. The molecule has 78 valence electrons. The number of methoxy groups -OCH3 is 1. The van der Waals surface area contributed by atoms with Gasteiger partial charge in [0.1, 0.15) is 0 Å². The maximum Gasteiger partial charge on any atom is 0.337 e. The number of fused-ring (bicyclic) bond motifs is 1. The van der Waals surface area contributed by atoms with Gasteiger partial charge >= 0.3 is 5.97 Å². The number of nitrogens with one attached hydrogen (secondary N) is 1. The topological polar surface area (TPSA) is 55.0 Å². The first kappa shape index (κ1) is 9.98. The molecule has 1 N–H and O–H groups in total. The second kappa shape index (κ2) is 3.90. The van der Waals surface area contributed by atoms with Crippen molar-refractivity contribution in [2.75, 3.05) is 7.11 Å². The highest BCUT2D eigenvalue weighted by Crippen LogP contribution is 2.20. The molecule has 0 aliphatic heterocycles. The maximum atomic E-state index is 11.3. The average Bonchev–Trinajstić information content (AvgIpc) is 2.74. The number of imidazole rings is 1. The van der Waals surface area contributed by atoms with Crippen molar-refractivity contribution >= 4 is 28.6 Å². The second-order valence-corrected chi connectivity index (χ2v) is 3.33. The number of H-pyrrole nitrogens is 1. The smallest absolute Gasteiger partial charge is 0.337 e. The van der Waals surface area contributed by atoms with Crippen molar-refractivity contribution < 1.29 is 9.53 Å². The van der Waals surface area contributed by atoms with Crippen molar-refractivity contribution in [3.05, 3.63) is 29.6 Å². The standard InChI is InChI=1S/C10H9ClN2O2/c1-15-10(14)6-2-7(4-11)9-8(3-6)12-5-13-9/h2-3,5H,4H2,1H3,(H,12,13). The van der Waals surface area contributed by atoms with Gasteiger partial charge in [-0.2, -0.15) is 0 Å². The molecule has 0 saturated carbocycles. The molecule has 1 aromatic heterocycles. The molecule has 0 fully saturated rings. The van der Waals surface area contributed by atoms with Crippen molar-refractivity contribution in [3.8, 4) is 0 Å². The molecule has 0 radical (unpaired) electrons. The van der Waals surface area contributed by atoms with Gasteiger partial charge in [-0.1, -0.05) is 0 Å². The Balaban J connectivity index is 2.63. The van der Waals surface area contributed by atoms with Crippen LogP contribution < -0.4 is 0 Å². The number of aromatic amines is 1. The van der Waals surface area contributed by atoms with Crippen LogP contribution in [0, 0.1) is 0 Å². The predicted molar refractivity (Wildman–Crippen MR) is 57.0 cm³/mol. The number of hydrogen-bond donors (Lipinski definition) is 1. The average molecular weight is 225 g/mol. The highest BCUT2D eigenvalue weighted by Gasteiger charge is 2.11. The van der Waals surface area contributed by atoms with Gasteiger partial charge in [0.25, 0.3) is 0 Å². The summed E-state index contributed by atoms with van der Waals surface area (Å²) in [5.74, 6) is -0.0653. The van der Waals surface area contributed by atoms with E-state index in [0.717, 1.165) is 16.6 Å². The third-order valence-electron chi connectivity index (χ3n) is 2.17. The lowest BCUT2D eigenvalue weighted by Gasteiger charge is -2.02. The normalized spacial score (nSPS) is 10.5. The lowest BCUT2D eigenvalue weighted by Crippen LogP contribution is -2.02. The number of nitrogens with zero attached hydrogens (tertiary/aromatic N) is 1. The van der Waals surface area contributed by atoms with E-state index in [-0.39, 0.29) is 5.97 Å². The minimum Gasteiger partial charge on any atom is -0.465 e. The highest BCUT2D eigenvalue weighted by atomic mass is 35.5. The maximum absolute atomic E-state index is 11.3. The molecule has 2 rings (SSSR count). The van der Waals surface area contributed by atoms with Gasteiger partial charge in [-0.3, -0.25) is 0 Å². The molecule has 2 aromatic rings. The number of halogens is 1. The Morgan fingerprint density at radius 1 is 1.60 bits per heavy atom. The molecule has 1 heterocycles. The molecule has 0 amide bonds. The number of benzene rings is 1. The first-order valence-electron chi connectivity index (χ1n) is 4.36. The van der Waals surface area contributed by atoms with Crippen molar-refractivity contribution in [3.63, 3.8) is 0 Å². The fourth-order valence-electron chi connectivity index (χ4n) is 1.46. The number of hydrogen-bond acceptors (Lipinski definition) is 3. The van der Waals surface area contributed by atoms with Crippen LogP contribution >= 0.6 is 11.6 Å². The third-order valence-corrected chi connectivity index (χ3v) is 2.46. The van der Waals surface area contributed by atoms with E-state index in [1.807, 2.05) is 0 Å². The number of carbonyl (C=O) groups is 1. The Bertz CT molecular complexity index is 507. The summed E-state index contributed by atoms with van der Waals surface area (Å²) >= 11 is 5.78. The molecule has 1 aromatic carbocycles. The number of alkyl halides is 1. The fourth-order valence-corrected chi connectivity index (χ4v) is 1.66. The van der Waals surface area contributed by atoms with E-state index < -0.39 is 0 Å². The zero-order valence-corrected chi connectivity index (χ0v) is 8.84. The van der Waals surface area contributed by atoms with E-state index >= 15 is 0 Å². The van der Waals surface area contributed by atoms with E-state index in [1.54, 1.807) is 18.5 Å². The van der Waals surface area contributed by atoms with Crippen LogP contribution in [0.15, 0.2) is 18.5 Å². The van der Waals surface area contributed by atoms with Crippen LogP contribution in [0.3, 0.4) is 0 Å². The minimum atomic E-state index is -0.377. The van der Waals surface area contributed by atoms with Gasteiger partial charge in [-0.25, -0.2) is 9.78 Å². The molecule has 5 heteroatoms. The number of rotatable bonds is 2. The van der Waals surface area contributed by atoms with Gasteiger partial charge in [0.2, 0.25) is 0 Å². The van der Waals surface area contributed by atoms with E-state index in [1.165, 1.54) is 7.11 Å². The van der Waals surface area contributed by atoms with Gasteiger partial charge in [0, 0.05) is 5.88 Å². The lowest BCUT2D eigenvalue weighted by molar-refractivity contribution is 0.0601. The number of esters is 1. The summed E-state index contributed by atoms with van der Waals surface area (Å²) in [6.45, 7) is 0. The van der Waals surface area contributed by atoms with E-state index in [2.05, 4.69) is 14.7 Å². The summed E-state index contributed by atoms with van der Waals surface area (Å²) < 4.78 is 4.64.